The highest BCUT2D eigenvalue weighted by atomic mass is 16.4. The molecule has 0 radical (unpaired) electrons. The summed E-state index contributed by atoms with van der Waals surface area (Å²) in [5.41, 5.74) is 0.794. The molecule has 1 rings (SSSR count). The van der Waals surface area contributed by atoms with Gasteiger partial charge in [0, 0.05) is 0 Å². The number of nitrogens with one attached hydrogen (secondary N) is 1. The molecule has 0 aliphatic carbocycles. The molecule has 5 heteroatoms. The van der Waals surface area contributed by atoms with E-state index < -0.39 is 24.5 Å². The van der Waals surface area contributed by atoms with Crippen LogP contribution in [0.2, 0.25) is 0 Å². The minimum absolute atomic E-state index is 0.102. The van der Waals surface area contributed by atoms with Gasteiger partial charge in [0.1, 0.15) is 6.04 Å². The van der Waals surface area contributed by atoms with E-state index in [2.05, 4.69) is 5.32 Å². The molecule has 0 aromatic heterocycles. The number of carbonyl (C=O) groups is 2. The third-order valence-electron chi connectivity index (χ3n) is 2.02. The van der Waals surface area contributed by atoms with Gasteiger partial charge in [-0.25, -0.2) is 4.79 Å². The van der Waals surface area contributed by atoms with E-state index in [4.69, 9.17) is 10.2 Å². The van der Waals surface area contributed by atoms with E-state index in [1.54, 1.807) is 24.3 Å². The Kier molecular flexibility index (Phi) is 4.47. The zero-order valence-corrected chi connectivity index (χ0v) is 8.59. The van der Waals surface area contributed by atoms with Crippen molar-refractivity contribution < 1.29 is 19.8 Å². The second-order valence-electron chi connectivity index (χ2n) is 3.30. The second-order valence-corrected chi connectivity index (χ2v) is 3.30. The normalized spacial score (nSPS) is 11.8. The fourth-order valence-corrected chi connectivity index (χ4v) is 1.21. The zero-order valence-electron chi connectivity index (χ0n) is 8.59. The summed E-state index contributed by atoms with van der Waals surface area (Å²) in [5, 5.41) is 19.6. The van der Waals surface area contributed by atoms with E-state index in [1.807, 2.05) is 6.07 Å². The molecule has 0 unspecified atom stereocenters. The summed E-state index contributed by atoms with van der Waals surface area (Å²) in [4.78, 5) is 21.9. The van der Waals surface area contributed by atoms with Gasteiger partial charge in [-0.2, -0.15) is 0 Å². The number of benzene rings is 1. The van der Waals surface area contributed by atoms with Crippen LogP contribution in [0.4, 0.5) is 0 Å². The monoisotopic (exact) mass is 223 g/mol. The van der Waals surface area contributed by atoms with E-state index in [0.29, 0.717) is 0 Å². The number of carbonyl (C=O) groups excluding carboxylic acids is 1. The largest absolute Gasteiger partial charge is 0.480 e. The summed E-state index contributed by atoms with van der Waals surface area (Å²) in [7, 11) is 0. The molecule has 1 amide bonds. The van der Waals surface area contributed by atoms with Crippen molar-refractivity contribution >= 4 is 11.9 Å². The van der Waals surface area contributed by atoms with Crippen molar-refractivity contribution in [1.29, 1.82) is 0 Å². The Bertz CT molecular complexity index is 364. The molecular weight excluding hydrogens is 210 g/mol. The standard InChI is InChI=1S/C11H13NO4/c13-7-9(11(15)16)12-10(14)6-8-4-2-1-3-5-8/h1-5,9,13H,6-7H2,(H,12,14)(H,15,16)/t9-/m0/s1. The first-order valence-electron chi connectivity index (χ1n) is 4.80. The summed E-state index contributed by atoms with van der Waals surface area (Å²) < 4.78 is 0. The van der Waals surface area contributed by atoms with Gasteiger partial charge in [0.2, 0.25) is 5.91 Å². The summed E-state index contributed by atoms with van der Waals surface area (Å²) >= 11 is 0. The molecule has 86 valence electrons. The second kappa shape index (κ2) is 5.87. The summed E-state index contributed by atoms with van der Waals surface area (Å²) in [6.07, 6.45) is 0.102. The van der Waals surface area contributed by atoms with Gasteiger partial charge in [-0.05, 0) is 5.56 Å². The summed E-state index contributed by atoms with van der Waals surface area (Å²) in [6, 6.07) is 7.72. The Morgan fingerprint density at radius 1 is 1.25 bits per heavy atom. The fourth-order valence-electron chi connectivity index (χ4n) is 1.21. The SMILES string of the molecule is O=C(Cc1ccccc1)N[C@@H](CO)C(=O)O. The minimum atomic E-state index is -1.25. The van der Waals surface area contributed by atoms with Crippen molar-refractivity contribution in [2.75, 3.05) is 6.61 Å². The maximum Gasteiger partial charge on any atom is 0.328 e. The van der Waals surface area contributed by atoms with E-state index in [9.17, 15) is 9.59 Å². The molecule has 5 nitrogen and oxygen atoms in total. The van der Waals surface area contributed by atoms with E-state index in [-0.39, 0.29) is 6.42 Å². The van der Waals surface area contributed by atoms with Crippen molar-refractivity contribution in [3.63, 3.8) is 0 Å². The smallest absolute Gasteiger partial charge is 0.328 e. The quantitative estimate of drug-likeness (QED) is 0.644. The number of amides is 1. The first-order valence-corrected chi connectivity index (χ1v) is 4.80. The maximum absolute atomic E-state index is 11.4. The zero-order chi connectivity index (χ0) is 12.0. The van der Waals surface area contributed by atoms with Crippen LogP contribution < -0.4 is 5.32 Å². The molecule has 0 heterocycles. The molecule has 0 aliphatic heterocycles. The Morgan fingerprint density at radius 2 is 1.88 bits per heavy atom. The molecule has 0 saturated heterocycles. The van der Waals surface area contributed by atoms with Gasteiger partial charge in [-0.1, -0.05) is 30.3 Å². The first-order chi connectivity index (χ1) is 7.63. The number of hydrogen-bond acceptors (Lipinski definition) is 3. The number of aliphatic hydroxyl groups is 1. The lowest BCUT2D eigenvalue weighted by molar-refractivity contribution is -0.142. The van der Waals surface area contributed by atoms with Crippen molar-refractivity contribution in [2.24, 2.45) is 0 Å². The predicted octanol–water partition coefficient (Wildman–Crippen LogP) is -0.209. The van der Waals surface area contributed by atoms with Gasteiger partial charge in [0.25, 0.3) is 0 Å². The summed E-state index contributed by atoms with van der Waals surface area (Å²) in [5.74, 6) is -1.67. The Labute approximate surface area is 92.7 Å². The van der Waals surface area contributed by atoms with E-state index in [1.165, 1.54) is 0 Å². The van der Waals surface area contributed by atoms with E-state index in [0.717, 1.165) is 5.56 Å². The molecule has 1 atom stereocenters. The van der Waals surface area contributed by atoms with Gasteiger partial charge in [0.05, 0.1) is 13.0 Å². The molecule has 16 heavy (non-hydrogen) atoms. The van der Waals surface area contributed by atoms with Gasteiger partial charge in [0.15, 0.2) is 0 Å². The van der Waals surface area contributed by atoms with Crippen molar-refractivity contribution in [3.05, 3.63) is 35.9 Å². The average Bonchev–Trinajstić information content (AvgIpc) is 2.27. The van der Waals surface area contributed by atoms with Crippen molar-refractivity contribution in [3.8, 4) is 0 Å². The van der Waals surface area contributed by atoms with Crippen LogP contribution in [0.1, 0.15) is 5.56 Å². The number of hydrogen-bond donors (Lipinski definition) is 3. The molecule has 3 N–H and O–H groups in total. The Morgan fingerprint density at radius 3 is 2.38 bits per heavy atom. The maximum atomic E-state index is 11.4. The fraction of sp³-hybridized carbons (Fsp3) is 0.273. The highest BCUT2D eigenvalue weighted by Crippen LogP contribution is 1.99. The lowest BCUT2D eigenvalue weighted by Crippen LogP contribution is -2.43. The number of aliphatic hydroxyl groups excluding tert-OH is 1. The molecule has 1 aromatic rings. The van der Waals surface area contributed by atoms with E-state index >= 15 is 0 Å². The lowest BCUT2D eigenvalue weighted by Gasteiger charge is -2.11. The van der Waals surface area contributed by atoms with Crippen LogP contribution in [-0.4, -0.2) is 34.7 Å². The van der Waals surface area contributed by atoms with Crippen LogP contribution in [0, 0.1) is 0 Å². The third-order valence-corrected chi connectivity index (χ3v) is 2.02. The van der Waals surface area contributed by atoms with Gasteiger partial charge < -0.3 is 15.5 Å². The van der Waals surface area contributed by atoms with Crippen LogP contribution in [0.3, 0.4) is 0 Å². The molecule has 0 bridgehead atoms. The first kappa shape index (κ1) is 12.2. The molecule has 0 aliphatic rings. The van der Waals surface area contributed by atoms with Crippen molar-refractivity contribution in [2.45, 2.75) is 12.5 Å². The van der Waals surface area contributed by atoms with Crippen LogP contribution in [-0.2, 0) is 16.0 Å². The topological polar surface area (TPSA) is 86.6 Å². The Balaban J connectivity index is 2.50. The van der Waals surface area contributed by atoms with Crippen molar-refractivity contribution in [1.82, 2.24) is 5.32 Å². The van der Waals surface area contributed by atoms with Crippen LogP contribution >= 0.6 is 0 Å². The highest BCUT2D eigenvalue weighted by molar-refractivity contribution is 5.84. The minimum Gasteiger partial charge on any atom is -0.480 e. The molecule has 0 spiro atoms. The average molecular weight is 223 g/mol. The van der Waals surface area contributed by atoms with Gasteiger partial charge >= 0.3 is 5.97 Å². The number of carboxylic acids is 1. The van der Waals surface area contributed by atoms with Gasteiger partial charge in [-0.15, -0.1) is 0 Å². The highest BCUT2D eigenvalue weighted by Gasteiger charge is 2.18. The lowest BCUT2D eigenvalue weighted by atomic mass is 10.1. The number of aliphatic carboxylic acids is 1. The predicted molar refractivity (Wildman–Crippen MR) is 56.8 cm³/mol. The van der Waals surface area contributed by atoms with Crippen LogP contribution in [0.25, 0.3) is 0 Å². The Hall–Kier alpha value is -1.88. The van der Waals surface area contributed by atoms with Crippen LogP contribution in [0.5, 0.6) is 0 Å². The molecule has 1 aromatic carbocycles. The van der Waals surface area contributed by atoms with Gasteiger partial charge in [-0.3, -0.25) is 4.79 Å². The number of carboxylic acid groups (broad SMARTS) is 1. The molecular formula is C11H13NO4. The molecule has 0 saturated carbocycles. The third kappa shape index (κ3) is 3.70. The van der Waals surface area contributed by atoms with Crippen LogP contribution in [0.15, 0.2) is 30.3 Å². The summed E-state index contributed by atoms with van der Waals surface area (Å²) in [6.45, 7) is -0.615. The number of rotatable bonds is 5. The molecule has 0 fully saturated rings.